The van der Waals surface area contributed by atoms with Crippen LogP contribution in [0.1, 0.15) is 36.1 Å². The molecule has 106 valence electrons. The first-order valence-electron chi connectivity index (χ1n) is 7.03. The maximum absolute atomic E-state index is 12.1. The van der Waals surface area contributed by atoms with Crippen LogP contribution in [0.2, 0.25) is 0 Å². The lowest BCUT2D eigenvalue weighted by molar-refractivity contribution is -0.125. The van der Waals surface area contributed by atoms with Crippen LogP contribution < -0.4 is 0 Å². The van der Waals surface area contributed by atoms with Crippen LogP contribution in [0.5, 0.6) is 0 Å². The summed E-state index contributed by atoms with van der Waals surface area (Å²) in [6.45, 7) is 0. The van der Waals surface area contributed by atoms with Crippen LogP contribution in [0.4, 0.5) is 0 Å². The van der Waals surface area contributed by atoms with Crippen LogP contribution in [0.3, 0.4) is 0 Å². The normalized spacial score (nSPS) is 22.1. The third kappa shape index (κ3) is 2.70. The van der Waals surface area contributed by atoms with Crippen LogP contribution >= 0.6 is 0 Å². The SMILES string of the molecule is O=NN1[C@@H](c2ccccc2)CC(=O)C[C@H]1c1ccccc1. The predicted octanol–water partition coefficient (Wildman–Crippen LogP) is 3.82. The Bertz CT molecular complexity index is 576. The molecule has 0 amide bonds. The Morgan fingerprint density at radius 1 is 0.810 bits per heavy atom. The van der Waals surface area contributed by atoms with Gasteiger partial charge < -0.3 is 0 Å². The molecule has 0 bridgehead atoms. The summed E-state index contributed by atoms with van der Waals surface area (Å²) >= 11 is 0. The maximum atomic E-state index is 12.1. The van der Waals surface area contributed by atoms with Gasteiger partial charge in [-0.2, -0.15) is 0 Å². The fourth-order valence-corrected chi connectivity index (χ4v) is 2.92. The lowest BCUT2D eigenvalue weighted by Crippen LogP contribution is -2.36. The molecule has 1 aliphatic heterocycles. The molecule has 0 aliphatic carbocycles. The fraction of sp³-hybridized carbons (Fsp3) is 0.235. The van der Waals surface area contributed by atoms with Crippen LogP contribution in [0.15, 0.2) is 65.9 Å². The number of piperidine rings is 1. The monoisotopic (exact) mass is 280 g/mol. The van der Waals surface area contributed by atoms with E-state index in [0.717, 1.165) is 11.1 Å². The molecule has 0 saturated carbocycles. The lowest BCUT2D eigenvalue weighted by atomic mass is 9.88. The van der Waals surface area contributed by atoms with E-state index in [1.165, 1.54) is 5.01 Å². The summed E-state index contributed by atoms with van der Waals surface area (Å²) in [5.41, 5.74) is 1.90. The van der Waals surface area contributed by atoms with Gasteiger partial charge in [0.15, 0.2) is 0 Å². The van der Waals surface area contributed by atoms with Gasteiger partial charge in [-0.25, -0.2) is 5.01 Å². The molecule has 0 N–H and O–H groups in total. The van der Waals surface area contributed by atoms with Crippen LogP contribution in [0.25, 0.3) is 0 Å². The van der Waals surface area contributed by atoms with Gasteiger partial charge in [-0.3, -0.25) is 4.79 Å². The zero-order valence-electron chi connectivity index (χ0n) is 11.6. The molecule has 1 aliphatic rings. The molecule has 4 heteroatoms. The summed E-state index contributed by atoms with van der Waals surface area (Å²) in [7, 11) is 0. The highest BCUT2D eigenvalue weighted by atomic mass is 16.3. The van der Waals surface area contributed by atoms with Crippen LogP contribution in [-0.2, 0) is 4.79 Å². The van der Waals surface area contributed by atoms with Crippen molar-refractivity contribution < 1.29 is 4.79 Å². The molecule has 4 nitrogen and oxygen atoms in total. The summed E-state index contributed by atoms with van der Waals surface area (Å²) in [5, 5.41) is 4.76. The van der Waals surface area contributed by atoms with Gasteiger partial charge >= 0.3 is 0 Å². The minimum atomic E-state index is -0.282. The molecule has 21 heavy (non-hydrogen) atoms. The van der Waals surface area contributed by atoms with E-state index < -0.39 is 0 Å². The van der Waals surface area contributed by atoms with Crippen LogP contribution in [0, 0.1) is 4.91 Å². The highest BCUT2D eigenvalue weighted by Gasteiger charge is 2.36. The van der Waals surface area contributed by atoms with Crippen molar-refractivity contribution in [2.24, 2.45) is 5.29 Å². The minimum absolute atomic E-state index is 0.164. The van der Waals surface area contributed by atoms with E-state index in [1.807, 2.05) is 60.7 Å². The summed E-state index contributed by atoms with van der Waals surface area (Å²) < 4.78 is 0. The number of Topliss-reactive ketones (excluding diaryl/α,β-unsaturated/α-hetero) is 1. The number of nitrogens with zero attached hydrogens (tertiary/aromatic N) is 2. The van der Waals surface area contributed by atoms with E-state index in [-0.39, 0.29) is 17.9 Å². The highest BCUT2D eigenvalue weighted by Crippen LogP contribution is 2.40. The molecule has 0 aromatic heterocycles. The maximum Gasteiger partial charge on any atom is 0.137 e. The molecule has 2 atom stereocenters. The number of carbonyl (C=O) groups is 1. The summed E-state index contributed by atoms with van der Waals surface area (Å²) in [6.07, 6.45) is 0.665. The Hall–Kier alpha value is -2.49. The van der Waals surface area contributed by atoms with Crippen molar-refractivity contribution in [3.63, 3.8) is 0 Å². The van der Waals surface area contributed by atoms with Gasteiger partial charge in [0.25, 0.3) is 0 Å². The Morgan fingerprint density at radius 3 is 1.62 bits per heavy atom. The first-order chi connectivity index (χ1) is 10.3. The average Bonchev–Trinajstić information content (AvgIpc) is 2.55. The van der Waals surface area contributed by atoms with Crippen molar-refractivity contribution >= 4 is 5.78 Å². The summed E-state index contributed by atoms with van der Waals surface area (Å²) in [6, 6.07) is 18.7. The molecular weight excluding hydrogens is 264 g/mol. The second-order valence-corrected chi connectivity index (χ2v) is 5.26. The first-order valence-corrected chi connectivity index (χ1v) is 7.03. The number of rotatable bonds is 3. The van der Waals surface area contributed by atoms with E-state index in [0.29, 0.717) is 12.8 Å². The summed E-state index contributed by atoms with van der Waals surface area (Å²) in [5.74, 6) is 0.164. The topological polar surface area (TPSA) is 49.7 Å². The lowest BCUT2D eigenvalue weighted by Gasteiger charge is -2.37. The van der Waals surface area contributed by atoms with E-state index in [4.69, 9.17) is 0 Å². The quantitative estimate of drug-likeness (QED) is 0.803. The molecular formula is C17H16N2O2. The van der Waals surface area contributed by atoms with E-state index in [1.54, 1.807) is 0 Å². The third-order valence-corrected chi connectivity index (χ3v) is 3.94. The molecule has 1 heterocycles. The van der Waals surface area contributed by atoms with Gasteiger partial charge in [0, 0.05) is 12.8 Å². The second kappa shape index (κ2) is 5.87. The fourth-order valence-electron chi connectivity index (χ4n) is 2.92. The van der Waals surface area contributed by atoms with Gasteiger partial charge in [0.05, 0.1) is 17.4 Å². The number of ketones is 1. The van der Waals surface area contributed by atoms with Crippen molar-refractivity contribution in [2.45, 2.75) is 24.9 Å². The summed E-state index contributed by atoms with van der Waals surface area (Å²) in [4.78, 5) is 23.5. The number of hydrogen-bond donors (Lipinski definition) is 0. The van der Waals surface area contributed by atoms with Crippen molar-refractivity contribution in [3.05, 3.63) is 76.7 Å². The molecule has 2 aromatic rings. The van der Waals surface area contributed by atoms with Crippen LogP contribution in [-0.4, -0.2) is 10.8 Å². The predicted molar refractivity (Wildman–Crippen MR) is 80.2 cm³/mol. The molecule has 0 radical (unpaired) electrons. The Labute approximate surface area is 123 Å². The molecule has 1 saturated heterocycles. The van der Waals surface area contributed by atoms with Crippen molar-refractivity contribution in [1.29, 1.82) is 0 Å². The van der Waals surface area contributed by atoms with E-state index in [2.05, 4.69) is 5.29 Å². The largest absolute Gasteiger partial charge is 0.300 e. The third-order valence-electron chi connectivity index (χ3n) is 3.94. The molecule has 2 aromatic carbocycles. The second-order valence-electron chi connectivity index (χ2n) is 5.26. The standard InChI is InChI=1S/C17H16N2O2/c20-15-11-16(13-7-3-1-4-8-13)19(18-21)17(12-15)14-9-5-2-6-10-14/h1-10,16-17H,11-12H2/t16-,17+. The van der Waals surface area contributed by atoms with Gasteiger partial charge in [0.2, 0.25) is 0 Å². The Balaban J connectivity index is 1.98. The van der Waals surface area contributed by atoms with E-state index >= 15 is 0 Å². The number of benzene rings is 2. The highest BCUT2D eigenvalue weighted by molar-refractivity contribution is 5.81. The van der Waals surface area contributed by atoms with Gasteiger partial charge in [-0.15, -0.1) is 4.91 Å². The zero-order valence-corrected chi connectivity index (χ0v) is 11.6. The molecule has 1 fully saturated rings. The van der Waals surface area contributed by atoms with Gasteiger partial charge in [-0.05, 0) is 11.1 Å². The van der Waals surface area contributed by atoms with Crippen molar-refractivity contribution in [2.75, 3.05) is 0 Å². The minimum Gasteiger partial charge on any atom is -0.300 e. The Kier molecular flexibility index (Phi) is 3.77. The Morgan fingerprint density at radius 2 is 1.24 bits per heavy atom. The number of nitroso groups, excluding NO2 is 1. The first kappa shape index (κ1) is 13.5. The average molecular weight is 280 g/mol. The van der Waals surface area contributed by atoms with Crippen molar-refractivity contribution in [3.8, 4) is 0 Å². The number of hydrogen-bond acceptors (Lipinski definition) is 3. The van der Waals surface area contributed by atoms with Crippen molar-refractivity contribution in [1.82, 2.24) is 5.01 Å². The molecule has 3 rings (SSSR count). The zero-order chi connectivity index (χ0) is 14.7. The molecule has 0 unspecified atom stereocenters. The van der Waals surface area contributed by atoms with Gasteiger partial charge in [0.1, 0.15) is 5.78 Å². The van der Waals surface area contributed by atoms with E-state index in [9.17, 15) is 9.70 Å². The smallest absolute Gasteiger partial charge is 0.137 e. The number of carbonyl (C=O) groups excluding carboxylic acids is 1. The van der Waals surface area contributed by atoms with Gasteiger partial charge in [-0.1, -0.05) is 60.7 Å². The molecule has 0 spiro atoms.